The second-order valence-electron chi connectivity index (χ2n) is 11.9. The van der Waals surface area contributed by atoms with Crippen LogP contribution in [-0.4, -0.2) is 33.9 Å². The van der Waals surface area contributed by atoms with Crippen molar-refractivity contribution in [1.29, 1.82) is 0 Å². The highest BCUT2D eigenvalue weighted by Gasteiger charge is 2.22. The van der Waals surface area contributed by atoms with E-state index in [-0.39, 0.29) is 23.7 Å². The Bertz CT molecular complexity index is 825. The molecule has 0 aliphatic heterocycles. The van der Waals surface area contributed by atoms with Crippen LogP contribution in [-0.2, 0) is 9.59 Å². The molecule has 38 heavy (non-hydrogen) atoms. The average Bonchev–Trinajstić information content (AvgIpc) is 2.80. The van der Waals surface area contributed by atoms with Crippen LogP contribution in [0.25, 0.3) is 0 Å². The van der Waals surface area contributed by atoms with Gasteiger partial charge >= 0.3 is 0 Å². The first kappa shape index (κ1) is 34.0. The van der Waals surface area contributed by atoms with Crippen LogP contribution in [0.5, 0.6) is 0 Å². The van der Waals surface area contributed by atoms with Gasteiger partial charge in [-0.15, -0.1) is 0 Å². The van der Waals surface area contributed by atoms with Gasteiger partial charge in [-0.3, -0.25) is 9.59 Å². The maximum atomic E-state index is 12.8. The number of Topliss-reactive ketones (excluding diaryl/α,β-unsaturated/α-hetero) is 2. The lowest BCUT2D eigenvalue weighted by molar-refractivity contribution is -0.122. The largest absolute Gasteiger partial charge is 0.353 e. The molecular weight excluding hydrogens is 512 g/mol. The Morgan fingerprint density at radius 3 is 1.18 bits per heavy atom. The Hall–Kier alpha value is -2.06. The van der Waals surface area contributed by atoms with Crippen LogP contribution in [0.3, 0.4) is 0 Å². The average molecular weight is 563 g/mol. The summed E-state index contributed by atoms with van der Waals surface area (Å²) in [6.07, 6.45) is 4.35. The third-order valence-electron chi connectivity index (χ3n) is 6.14. The Labute approximate surface area is 241 Å². The summed E-state index contributed by atoms with van der Waals surface area (Å²) in [6.45, 7) is 17.0. The standard InChI is InChI=1S/C30H50N4O2S2/c1-19(2)9-15-27(35)25(17-21(5)6)33-29(37)31-23-11-13-24(14-12-23)32-30(38)34-26(18-22(7)8)28(36)16-10-20(3)4/h11-14,19-22,25-26H,9-10,15-18H2,1-8H3,(H2,31,33,37)(H2,32,34,38)/t25-,26-/m0/s1. The minimum absolute atomic E-state index is 0.204. The van der Waals surface area contributed by atoms with Gasteiger partial charge < -0.3 is 21.3 Å². The molecule has 0 spiro atoms. The van der Waals surface area contributed by atoms with Crippen LogP contribution >= 0.6 is 24.4 Å². The third kappa shape index (κ3) is 14.8. The first-order valence-electron chi connectivity index (χ1n) is 14.1. The quantitative estimate of drug-likeness (QED) is 0.159. The molecule has 6 nitrogen and oxygen atoms in total. The van der Waals surface area contributed by atoms with Crippen molar-refractivity contribution in [2.75, 3.05) is 10.6 Å². The summed E-state index contributed by atoms with van der Waals surface area (Å²) in [7, 11) is 0. The highest BCUT2D eigenvalue weighted by atomic mass is 32.1. The Morgan fingerprint density at radius 2 is 0.921 bits per heavy atom. The van der Waals surface area contributed by atoms with Gasteiger partial charge in [0.1, 0.15) is 0 Å². The van der Waals surface area contributed by atoms with E-state index in [4.69, 9.17) is 24.4 Å². The van der Waals surface area contributed by atoms with Crippen LogP contribution in [0.2, 0.25) is 0 Å². The summed E-state index contributed by atoms with van der Waals surface area (Å²) in [5.74, 6) is 2.15. The summed E-state index contributed by atoms with van der Waals surface area (Å²) in [6, 6.07) is 7.01. The summed E-state index contributed by atoms with van der Waals surface area (Å²) in [5.41, 5.74) is 1.62. The van der Waals surface area contributed by atoms with Crippen LogP contribution in [0, 0.1) is 23.7 Å². The molecule has 0 aliphatic carbocycles. The van der Waals surface area contributed by atoms with E-state index < -0.39 is 0 Å². The smallest absolute Gasteiger partial charge is 0.171 e. The Morgan fingerprint density at radius 1 is 0.605 bits per heavy atom. The molecule has 0 saturated heterocycles. The van der Waals surface area contributed by atoms with Gasteiger partial charge in [0, 0.05) is 24.2 Å². The second-order valence-corrected chi connectivity index (χ2v) is 12.8. The van der Waals surface area contributed by atoms with Crippen molar-refractivity contribution in [2.45, 2.75) is 106 Å². The molecule has 0 unspecified atom stereocenters. The van der Waals surface area contributed by atoms with Gasteiger partial charge in [0.05, 0.1) is 12.1 Å². The number of thiocarbonyl (C=S) groups is 2. The highest BCUT2D eigenvalue weighted by Crippen LogP contribution is 2.16. The van der Waals surface area contributed by atoms with Gasteiger partial charge in [-0.2, -0.15) is 0 Å². The zero-order chi connectivity index (χ0) is 28.8. The highest BCUT2D eigenvalue weighted by molar-refractivity contribution is 7.80. The summed E-state index contributed by atoms with van der Waals surface area (Å²) < 4.78 is 0. The fourth-order valence-corrected chi connectivity index (χ4v) is 4.50. The van der Waals surface area contributed by atoms with Crippen molar-refractivity contribution in [3.63, 3.8) is 0 Å². The van der Waals surface area contributed by atoms with Crippen LogP contribution < -0.4 is 21.3 Å². The van der Waals surface area contributed by atoms with Crippen molar-refractivity contribution in [3.8, 4) is 0 Å². The molecule has 1 aromatic rings. The topological polar surface area (TPSA) is 82.3 Å². The Kier molecular flexibility index (Phi) is 15.7. The predicted molar refractivity (Wildman–Crippen MR) is 170 cm³/mol. The second kappa shape index (κ2) is 17.5. The molecule has 0 aromatic heterocycles. The van der Waals surface area contributed by atoms with E-state index in [2.05, 4.69) is 76.7 Å². The normalized spacial score (nSPS) is 12.9. The van der Waals surface area contributed by atoms with Crippen molar-refractivity contribution >= 4 is 57.6 Å². The molecule has 4 N–H and O–H groups in total. The van der Waals surface area contributed by atoms with Gasteiger partial charge in [0.25, 0.3) is 0 Å². The van der Waals surface area contributed by atoms with Gasteiger partial charge in [-0.25, -0.2) is 0 Å². The van der Waals surface area contributed by atoms with E-state index >= 15 is 0 Å². The first-order valence-corrected chi connectivity index (χ1v) is 14.9. The van der Waals surface area contributed by atoms with E-state index in [1.54, 1.807) is 0 Å². The van der Waals surface area contributed by atoms with Gasteiger partial charge in [0.2, 0.25) is 0 Å². The third-order valence-corrected chi connectivity index (χ3v) is 6.58. The predicted octanol–water partition coefficient (Wildman–Crippen LogP) is 7.10. The first-order chi connectivity index (χ1) is 17.8. The fraction of sp³-hybridized carbons (Fsp3) is 0.667. The fourth-order valence-electron chi connectivity index (χ4n) is 3.98. The molecule has 214 valence electrons. The molecule has 0 amide bonds. The van der Waals surface area contributed by atoms with Gasteiger partial charge in [-0.1, -0.05) is 55.4 Å². The molecule has 0 fully saturated rings. The summed E-state index contributed by atoms with van der Waals surface area (Å²) in [5, 5.41) is 13.7. The molecule has 0 bridgehead atoms. The number of rotatable bonds is 16. The molecule has 2 atom stereocenters. The number of carbonyl (C=O) groups is 2. The monoisotopic (exact) mass is 562 g/mol. The number of nitrogens with one attached hydrogen (secondary N) is 4. The van der Waals surface area contributed by atoms with Crippen molar-refractivity contribution in [2.24, 2.45) is 23.7 Å². The van der Waals surface area contributed by atoms with Crippen LogP contribution in [0.1, 0.15) is 93.9 Å². The number of hydrogen-bond acceptors (Lipinski definition) is 4. The molecule has 0 heterocycles. The summed E-state index contributed by atoms with van der Waals surface area (Å²) in [4.78, 5) is 25.5. The number of ketones is 2. The van der Waals surface area contributed by atoms with Crippen LogP contribution in [0.4, 0.5) is 11.4 Å². The molecule has 0 radical (unpaired) electrons. The van der Waals surface area contributed by atoms with E-state index in [0.29, 0.717) is 46.7 Å². The zero-order valence-corrected chi connectivity index (χ0v) is 26.3. The maximum absolute atomic E-state index is 12.8. The lowest BCUT2D eigenvalue weighted by Gasteiger charge is -2.22. The summed E-state index contributed by atoms with van der Waals surface area (Å²) >= 11 is 11.0. The molecule has 8 heteroatoms. The Balaban J connectivity index is 2.70. The number of hydrogen-bond donors (Lipinski definition) is 4. The maximum Gasteiger partial charge on any atom is 0.171 e. The SMILES string of the molecule is CC(C)CCC(=O)[C@H](CC(C)C)NC(=S)Nc1ccc(NC(=S)N[C@@H](CC(C)C)C(=O)CCC(C)C)cc1. The lowest BCUT2D eigenvalue weighted by atomic mass is 9.95. The number of anilines is 2. The molecule has 0 aliphatic rings. The van der Waals surface area contributed by atoms with E-state index in [9.17, 15) is 9.59 Å². The molecule has 0 saturated carbocycles. The molecular formula is C30H50N4O2S2. The van der Waals surface area contributed by atoms with Crippen molar-refractivity contribution < 1.29 is 9.59 Å². The van der Waals surface area contributed by atoms with E-state index in [0.717, 1.165) is 37.1 Å². The zero-order valence-electron chi connectivity index (χ0n) is 24.6. The van der Waals surface area contributed by atoms with Crippen LogP contribution in [0.15, 0.2) is 24.3 Å². The van der Waals surface area contributed by atoms with E-state index in [1.165, 1.54) is 0 Å². The van der Waals surface area contributed by atoms with E-state index in [1.807, 2.05) is 24.3 Å². The number of benzene rings is 1. The molecule has 1 rings (SSSR count). The molecule has 1 aromatic carbocycles. The lowest BCUT2D eigenvalue weighted by Crippen LogP contribution is -2.44. The minimum Gasteiger partial charge on any atom is -0.353 e. The van der Waals surface area contributed by atoms with Gasteiger partial charge in [-0.05, 0) is 98.1 Å². The van der Waals surface area contributed by atoms with Crippen molar-refractivity contribution in [1.82, 2.24) is 10.6 Å². The van der Waals surface area contributed by atoms with Crippen molar-refractivity contribution in [3.05, 3.63) is 24.3 Å². The number of carbonyl (C=O) groups excluding carboxylic acids is 2. The minimum atomic E-state index is -0.292. The van der Waals surface area contributed by atoms with Gasteiger partial charge in [0.15, 0.2) is 21.8 Å².